The fraction of sp³-hybridized carbons (Fsp3) is 0.409. The number of nitrogens with zero attached hydrogens (tertiary/aromatic N) is 6. The van der Waals surface area contributed by atoms with Gasteiger partial charge in [-0.1, -0.05) is 0 Å². The van der Waals surface area contributed by atoms with Gasteiger partial charge in [-0.05, 0) is 31.5 Å². The Kier molecular flexibility index (Phi) is 5.89. The second-order valence-electron chi connectivity index (χ2n) is 8.62. The van der Waals surface area contributed by atoms with Gasteiger partial charge in [-0.3, -0.25) is 9.69 Å². The average Bonchev–Trinajstić information content (AvgIpc) is 2.78. The summed E-state index contributed by atoms with van der Waals surface area (Å²) < 4.78 is 39.5. The zero-order valence-corrected chi connectivity index (χ0v) is 18.0. The third kappa shape index (κ3) is 4.51. The van der Waals surface area contributed by atoms with Gasteiger partial charge >= 0.3 is 6.18 Å². The van der Waals surface area contributed by atoms with Gasteiger partial charge in [0.15, 0.2) is 5.60 Å². The smallest absolute Gasteiger partial charge is 0.379 e. The number of hydrogen-bond acceptors (Lipinski definition) is 8. The molecular weight excluding hydrogens is 451 g/mol. The number of nitriles is 2. The number of aromatic nitrogens is 2. The third-order valence-corrected chi connectivity index (χ3v) is 6.03. The number of rotatable bonds is 5. The monoisotopic (exact) mass is 471 g/mol. The van der Waals surface area contributed by atoms with E-state index in [0.29, 0.717) is 19.2 Å². The number of benzene rings is 1. The zero-order valence-electron chi connectivity index (χ0n) is 18.0. The molecule has 0 spiro atoms. The normalized spacial score (nSPS) is 21.6. The van der Waals surface area contributed by atoms with Gasteiger partial charge in [-0.2, -0.15) is 23.7 Å². The predicted octanol–water partition coefficient (Wildman–Crippen LogP) is 1.89. The summed E-state index contributed by atoms with van der Waals surface area (Å²) in [5, 5.41) is 30.8. The molecule has 1 amide bonds. The first-order chi connectivity index (χ1) is 16.0. The van der Waals surface area contributed by atoms with Gasteiger partial charge in [-0.15, -0.1) is 0 Å². The first-order valence-electron chi connectivity index (χ1n) is 10.4. The number of piperidine rings is 1. The number of nitrogens with one attached hydrogen (secondary N) is 1. The van der Waals surface area contributed by atoms with E-state index in [9.17, 15) is 23.1 Å². The van der Waals surface area contributed by atoms with E-state index >= 15 is 0 Å². The highest BCUT2D eigenvalue weighted by Gasteiger charge is 2.47. The van der Waals surface area contributed by atoms with Gasteiger partial charge in [-0.25, -0.2) is 9.97 Å². The molecule has 3 aliphatic heterocycles. The molecule has 0 aliphatic carbocycles. The molecule has 1 aromatic heterocycles. The summed E-state index contributed by atoms with van der Waals surface area (Å²) in [4.78, 5) is 24.7. The summed E-state index contributed by atoms with van der Waals surface area (Å²) in [6.07, 6.45) is -0.640. The van der Waals surface area contributed by atoms with E-state index in [0.717, 1.165) is 18.2 Å². The molecule has 4 heterocycles. The maximum absolute atomic E-state index is 13.2. The van der Waals surface area contributed by atoms with Crippen molar-refractivity contribution in [2.24, 2.45) is 0 Å². The van der Waals surface area contributed by atoms with Crippen molar-refractivity contribution in [1.82, 2.24) is 14.9 Å². The van der Waals surface area contributed by atoms with Crippen LogP contribution < -0.4 is 10.2 Å². The largest absolute Gasteiger partial charge is 0.417 e. The van der Waals surface area contributed by atoms with Crippen LogP contribution in [0.25, 0.3) is 0 Å². The fourth-order valence-corrected chi connectivity index (χ4v) is 4.49. The summed E-state index contributed by atoms with van der Waals surface area (Å²) in [6, 6.07) is 6.46. The topological polar surface area (TPSA) is 129 Å². The van der Waals surface area contributed by atoms with E-state index in [4.69, 9.17) is 10.5 Å². The number of carbonyl (C=O) groups is 1. The molecule has 2 N–H and O–H groups in total. The quantitative estimate of drug-likeness (QED) is 0.677. The van der Waals surface area contributed by atoms with Crippen molar-refractivity contribution in [2.45, 2.75) is 37.2 Å². The van der Waals surface area contributed by atoms with E-state index in [-0.39, 0.29) is 30.1 Å². The van der Waals surface area contributed by atoms with E-state index in [1.807, 2.05) is 11.0 Å². The van der Waals surface area contributed by atoms with Gasteiger partial charge < -0.3 is 15.3 Å². The molecule has 3 fully saturated rings. The number of anilines is 2. The maximum atomic E-state index is 13.2. The molecular formula is C22H20F3N7O2. The Bertz CT molecular complexity index is 1170. The standard InChI is InChI=1S/C22H20F3N7O2/c1-21(34,20(33)30-14-3-2-13(6-26)18(4-14)22(23,24)25)12-31-10-15-5-16(11-31)32(15)17-8-28-19(7-27)29-9-17/h2-4,8-9,15-16,34H,5,10-12H2,1H3,(H,30,33)/t15?,16?,21-/m0/s1. The molecule has 2 unspecified atom stereocenters. The van der Waals surface area contributed by atoms with Crippen molar-refractivity contribution in [3.8, 4) is 12.1 Å². The highest BCUT2D eigenvalue weighted by Crippen LogP contribution is 2.37. The van der Waals surface area contributed by atoms with Crippen molar-refractivity contribution in [3.05, 3.63) is 47.5 Å². The van der Waals surface area contributed by atoms with Crippen LogP contribution in [0.15, 0.2) is 30.6 Å². The number of hydrogen-bond donors (Lipinski definition) is 2. The zero-order chi connectivity index (χ0) is 24.7. The van der Waals surface area contributed by atoms with Crippen molar-refractivity contribution in [2.75, 3.05) is 29.9 Å². The first kappa shape index (κ1) is 23.4. The number of carbonyl (C=O) groups excluding carboxylic acids is 1. The van der Waals surface area contributed by atoms with Crippen molar-refractivity contribution in [1.29, 1.82) is 10.5 Å². The summed E-state index contributed by atoms with van der Waals surface area (Å²) in [5.74, 6) is -0.760. The molecule has 2 bridgehead atoms. The second kappa shape index (κ2) is 8.56. The van der Waals surface area contributed by atoms with Gasteiger partial charge in [0, 0.05) is 37.4 Å². The molecule has 176 valence electrons. The Morgan fingerprint density at radius 2 is 1.85 bits per heavy atom. The fourth-order valence-electron chi connectivity index (χ4n) is 4.49. The van der Waals surface area contributed by atoms with Gasteiger partial charge in [0.2, 0.25) is 5.82 Å². The van der Waals surface area contributed by atoms with Crippen LogP contribution in [-0.2, 0) is 11.0 Å². The molecule has 0 saturated carbocycles. The maximum Gasteiger partial charge on any atom is 0.417 e. The number of halogens is 3. The highest BCUT2D eigenvalue weighted by molar-refractivity contribution is 5.97. The van der Waals surface area contributed by atoms with Crippen molar-refractivity contribution >= 4 is 17.3 Å². The lowest BCUT2D eigenvalue weighted by atomic mass is 9.86. The molecule has 3 atom stereocenters. The summed E-state index contributed by atoms with van der Waals surface area (Å²) >= 11 is 0. The van der Waals surface area contributed by atoms with Crippen LogP contribution >= 0.6 is 0 Å². The summed E-state index contributed by atoms with van der Waals surface area (Å²) in [5.41, 5.74) is -2.94. The second-order valence-corrected chi connectivity index (χ2v) is 8.62. The Labute approximate surface area is 193 Å². The molecule has 3 saturated heterocycles. The van der Waals surface area contributed by atoms with Gasteiger partial charge in [0.1, 0.15) is 6.07 Å². The van der Waals surface area contributed by atoms with Crippen LogP contribution in [0.3, 0.4) is 0 Å². The molecule has 0 radical (unpaired) electrons. The van der Waals surface area contributed by atoms with Crippen LogP contribution in [0, 0.1) is 22.7 Å². The summed E-state index contributed by atoms with van der Waals surface area (Å²) in [7, 11) is 0. The van der Waals surface area contributed by atoms with Gasteiger partial charge in [0.25, 0.3) is 5.91 Å². The molecule has 12 heteroatoms. The van der Waals surface area contributed by atoms with E-state index < -0.39 is 28.8 Å². The molecule has 34 heavy (non-hydrogen) atoms. The van der Waals surface area contributed by atoms with Gasteiger partial charge in [0.05, 0.1) is 35.3 Å². The number of piperazine rings is 1. The predicted molar refractivity (Wildman–Crippen MR) is 113 cm³/mol. The minimum atomic E-state index is -4.75. The van der Waals surface area contributed by atoms with Crippen LogP contribution in [0.1, 0.15) is 30.3 Å². The number of alkyl halides is 3. The summed E-state index contributed by atoms with van der Waals surface area (Å²) in [6.45, 7) is 2.43. The third-order valence-electron chi connectivity index (χ3n) is 6.03. The van der Waals surface area contributed by atoms with Crippen molar-refractivity contribution < 1.29 is 23.1 Å². The first-order valence-corrected chi connectivity index (χ1v) is 10.4. The van der Waals surface area contributed by atoms with E-state index in [1.165, 1.54) is 19.1 Å². The molecule has 1 aromatic carbocycles. The van der Waals surface area contributed by atoms with Crippen LogP contribution in [-0.4, -0.2) is 63.2 Å². The molecule has 3 aliphatic rings. The van der Waals surface area contributed by atoms with Crippen LogP contribution in [0.5, 0.6) is 0 Å². The lowest BCUT2D eigenvalue weighted by Gasteiger charge is -2.58. The number of fused-ring (bicyclic) bond motifs is 2. The number of aliphatic hydroxyl groups is 1. The van der Waals surface area contributed by atoms with Crippen LogP contribution in [0.4, 0.5) is 24.5 Å². The lowest BCUT2D eigenvalue weighted by molar-refractivity contribution is -0.138. The molecule has 9 nitrogen and oxygen atoms in total. The average molecular weight is 471 g/mol. The Morgan fingerprint density at radius 3 is 2.41 bits per heavy atom. The molecule has 2 aromatic rings. The Balaban J connectivity index is 1.39. The SMILES string of the molecule is C[C@](O)(CN1CC2CC(C1)N2c1cnc(C#N)nc1)C(=O)Nc1ccc(C#N)c(C(F)(F)F)c1. The van der Waals surface area contributed by atoms with E-state index in [1.54, 1.807) is 12.4 Å². The number of amides is 1. The lowest BCUT2D eigenvalue weighted by Crippen LogP contribution is -2.70. The Morgan fingerprint density at radius 1 is 1.21 bits per heavy atom. The Hall–Kier alpha value is -3.74. The van der Waals surface area contributed by atoms with E-state index in [2.05, 4.69) is 20.2 Å². The highest BCUT2D eigenvalue weighted by atomic mass is 19.4. The van der Waals surface area contributed by atoms with Crippen LogP contribution in [0.2, 0.25) is 0 Å². The minimum Gasteiger partial charge on any atom is -0.379 e. The minimum absolute atomic E-state index is 0.00799. The van der Waals surface area contributed by atoms with Crippen molar-refractivity contribution in [3.63, 3.8) is 0 Å². The molecule has 5 rings (SSSR count).